The molecule has 0 atom stereocenters. The second kappa shape index (κ2) is 15.3. The number of para-hydroxylation sites is 2. The van der Waals surface area contributed by atoms with Crippen molar-refractivity contribution in [1.29, 1.82) is 0 Å². The molecule has 0 aromatic heterocycles. The van der Waals surface area contributed by atoms with E-state index in [1.165, 1.54) is 38.9 Å². The number of hydrogen-bond donors (Lipinski definition) is 2. The smallest absolute Gasteiger partial charge is 0.339 e. The quantitative estimate of drug-likeness (QED) is 0.214. The Morgan fingerprint density at radius 1 is 0.953 bits per heavy atom. The van der Waals surface area contributed by atoms with E-state index < -0.39 is 5.97 Å². The molecule has 5 rings (SSSR count). The van der Waals surface area contributed by atoms with Crippen molar-refractivity contribution in [2.24, 2.45) is 0 Å². The lowest BCUT2D eigenvalue weighted by molar-refractivity contribution is -0.120. The van der Waals surface area contributed by atoms with Gasteiger partial charge in [0.05, 0.1) is 41.2 Å². The number of carbonyl (C=O) groups excluding carboxylic acids is 1. The number of carboxylic acids is 1. The summed E-state index contributed by atoms with van der Waals surface area (Å²) in [7, 11) is 1.41. The maximum Gasteiger partial charge on any atom is 0.339 e. The van der Waals surface area contributed by atoms with Gasteiger partial charge in [0.2, 0.25) is 5.91 Å². The molecule has 2 aliphatic rings. The van der Waals surface area contributed by atoms with E-state index in [0.717, 1.165) is 61.6 Å². The van der Waals surface area contributed by atoms with Crippen LogP contribution in [0.1, 0.15) is 67.3 Å². The van der Waals surface area contributed by atoms with Crippen molar-refractivity contribution in [3.8, 4) is 11.5 Å². The minimum atomic E-state index is -1.10. The lowest BCUT2D eigenvalue weighted by Gasteiger charge is -2.34. The van der Waals surface area contributed by atoms with Gasteiger partial charge >= 0.3 is 5.97 Å². The molecule has 0 unspecified atom stereocenters. The molecular weight excluding hydrogens is 634 g/mol. The van der Waals surface area contributed by atoms with Gasteiger partial charge < -0.3 is 19.5 Å². The van der Waals surface area contributed by atoms with Gasteiger partial charge in [-0.3, -0.25) is 15.2 Å². The van der Waals surface area contributed by atoms with Gasteiger partial charge in [-0.15, -0.1) is 12.4 Å². The molecule has 8 nitrogen and oxygen atoms in total. The summed E-state index contributed by atoms with van der Waals surface area (Å²) < 4.78 is 12.1. The monoisotopic (exact) mass is 671 g/mol. The summed E-state index contributed by atoms with van der Waals surface area (Å²) in [5.74, 6) is -0.332. The fourth-order valence-electron chi connectivity index (χ4n) is 5.81. The number of methoxy groups -OCH3 is 1. The van der Waals surface area contributed by atoms with Crippen LogP contribution in [0.4, 0.5) is 17.1 Å². The number of aromatic carboxylic acids is 1. The van der Waals surface area contributed by atoms with Crippen LogP contribution in [-0.4, -0.2) is 43.3 Å². The van der Waals surface area contributed by atoms with Gasteiger partial charge in [-0.2, -0.15) is 0 Å². The lowest BCUT2D eigenvalue weighted by Crippen LogP contribution is -2.41. The highest BCUT2D eigenvalue weighted by Gasteiger charge is 2.23. The molecule has 1 amide bonds. The number of anilines is 3. The number of nitrogens with one attached hydrogen (secondary N) is 1. The maximum absolute atomic E-state index is 13.6. The highest BCUT2D eigenvalue weighted by molar-refractivity contribution is 9.10. The van der Waals surface area contributed by atoms with Crippen LogP contribution in [-0.2, 0) is 11.2 Å². The largest absolute Gasteiger partial charge is 0.495 e. The average molecular weight is 673 g/mol. The fourth-order valence-corrected chi connectivity index (χ4v) is 6.45. The van der Waals surface area contributed by atoms with Crippen molar-refractivity contribution in [2.75, 3.05) is 30.1 Å². The Labute approximate surface area is 267 Å². The van der Waals surface area contributed by atoms with Gasteiger partial charge in [0, 0.05) is 13.1 Å². The molecule has 10 heteroatoms. The zero-order valence-corrected chi connectivity index (χ0v) is 26.8. The third-order valence-corrected chi connectivity index (χ3v) is 8.84. The summed E-state index contributed by atoms with van der Waals surface area (Å²) in [6.45, 7) is 1.94. The second-order valence-corrected chi connectivity index (χ2v) is 11.7. The zero-order chi connectivity index (χ0) is 29.5. The first-order valence-electron chi connectivity index (χ1n) is 14.7. The van der Waals surface area contributed by atoms with Crippen molar-refractivity contribution in [3.05, 3.63) is 76.3 Å². The van der Waals surface area contributed by atoms with Gasteiger partial charge in [-0.1, -0.05) is 24.6 Å². The van der Waals surface area contributed by atoms with Gasteiger partial charge in [-0.05, 0) is 109 Å². The molecule has 1 saturated carbocycles. The number of rotatable bonds is 10. The van der Waals surface area contributed by atoms with Crippen LogP contribution < -0.4 is 24.8 Å². The number of carbonyl (C=O) groups is 2. The van der Waals surface area contributed by atoms with E-state index in [2.05, 4.69) is 32.3 Å². The van der Waals surface area contributed by atoms with Crippen LogP contribution in [0.25, 0.3) is 0 Å². The third-order valence-electron chi connectivity index (χ3n) is 7.97. The van der Waals surface area contributed by atoms with Gasteiger partial charge in [0.25, 0.3) is 0 Å². The van der Waals surface area contributed by atoms with E-state index in [1.807, 2.05) is 47.5 Å². The Bertz CT molecular complexity index is 1390. The van der Waals surface area contributed by atoms with Crippen LogP contribution in [0.3, 0.4) is 0 Å². The highest BCUT2D eigenvalue weighted by atomic mass is 79.9. The number of piperidine rings is 1. The number of halogens is 2. The normalized spacial score (nSPS) is 15.3. The van der Waals surface area contributed by atoms with Crippen LogP contribution >= 0.6 is 28.3 Å². The molecule has 230 valence electrons. The second-order valence-electron chi connectivity index (χ2n) is 10.9. The van der Waals surface area contributed by atoms with E-state index in [4.69, 9.17) is 9.47 Å². The molecule has 1 saturated heterocycles. The minimum Gasteiger partial charge on any atom is -0.495 e. The van der Waals surface area contributed by atoms with Crippen LogP contribution in [0.5, 0.6) is 11.5 Å². The van der Waals surface area contributed by atoms with Gasteiger partial charge in [0.1, 0.15) is 17.1 Å². The molecule has 1 heterocycles. The fraction of sp³-hybridized carbons (Fsp3) is 0.394. The summed E-state index contributed by atoms with van der Waals surface area (Å²) in [5, 5.41) is 11.4. The highest BCUT2D eigenvalue weighted by Crippen LogP contribution is 2.36. The Kier molecular flexibility index (Phi) is 11.6. The average Bonchev–Trinajstić information content (AvgIpc) is 3.02. The molecule has 43 heavy (non-hydrogen) atoms. The Hall–Kier alpha value is -3.43. The van der Waals surface area contributed by atoms with Gasteiger partial charge in [0.15, 0.2) is 0 Å². The summed E-state index contributed by atoms with van der Waals surface area (Å²) in [6.07, 6.45) is 9.62. The van der Waals surface area contributed by atoms with E-state index >= 15 is 0 Å². The van der Waals surface area contributed by atoms with Crippen LogP contribution in [0.2, 0.25) is 0 Å². The van der Waals surface area contributed by atoms with Gasteiger partial charge in [-0.25, -0.2) is 4.79 Å². The lowest BCUT2D eigenvalue weighted by atomic mass is 9.98. The number of amides is 1. The molecule has 3 aromatic carbocycles. The SMILES string of the molecule is COc1c(C(=O)O)ccc(CC(=O)NN(c2ccc(OC3CCCCC3)cc2)c2ccccc2N2CCCCC2)c1Br.Cl. The predicted octanol–water partition coefficient (Wildman–Crippen LogP) is 7.69. The molecule has 1 aliphatic carbocycles. The summed E-state index contributed by atoms with van der Waals surface area (Å²) in [6, 6.07) is 19.1. The van der Waals surface area contributed by atoms with E-state index in [-0.39, 0.29) is 42.2 Å². The van der Waals surface area contributed by atoms with E-state index in [0.29, 0.717) is 10.0 Å². The number of hydrogen-bond acceptors (Lipinski definition) is 6. The number of benzene rings is 3. The van der Waals surface area contributed by atoms with Crippen molar-refractivity contribution in [3.63, 3.8) is 0 Å². The zero-order valence-electron chi connectivity index (χ0n) is 24.4. The maximum atomic E-state index is 13.6. The third kappa shape index (κ3) is 7.95. The number of hydrazine groups is 1. The van der Waals surface area contributed by atoms with Crippen LogP contribution in [0.15, 0.2) is 65.1 Å². The molecular formula is C33H39BrClN3O5. The summed E-state index contributed by atoms with van der Waals surface area (Å²) in [4.78, 5) is 27.6. The number of carboxylic acid groups (broad SMARTS) is 1. The molecule has 0 radical (unpaired) electrons. The van der Waals surface area contributed by atoms with Crippen molar-refractivity contribution in [1.82, 2.24) is 5.43 Å². The van der Waals surface area contributed by atoms with Crippen molar-refractivity contribution < 1.29 is 24.2 Å². The molecule has 2 fully saturated rings. The summed E-state index contributed by atoms with van der Waals surface area (Å²) in [5.41, 5.74) is 6.53. The molecule has 2 N–H and O–H groups in total. The first kappa shape index (κ1) is 32.5. The molecule has 3 aromatic rings. The number of nitrogens with zero attached hydrogens (tertiary/aromatic N) is 2. The first-order valence-corrected chi connectivity index (χ1v) is 15.5. The Balaban J connectivity index is 0.00000423. The van der Waals surface area contributed by atoms with Crippen LogP contribution in [0, 0.1) is 0 Å². The van der Waals surface area contributed by atoms with Crippen molar-refractivity contribution >= 4 is 57.3 Å². The van der Waals surface area contributed by atoms with Crippen molar-refractivity contribution in [2.45, 2.75) is 63.9 Å². The number of ether oxygens (including phenoxy) is 2. The molecule has 0 spiro atoms. The minimum absolute atomic E-state index is 0. The first-order chi connectivity index (χ1) is 20.4. The topological polar surface area (TPSA) is 91.3 Å². The molecule has 1 aliphatic heterocycles. The van der Waals surface area contributed by atoms with E-state index in [9.17, 15) is 14.7 Å². The Morgan fingerprint density at radius 2 is 1.63 bits per heavy atom. The molecule has 0 bridgehead atoms. The van der Waals surface area contributed by atoms with E-state index in [1.54, 1.807) is 6.07 Å². The predicted molar refractivity (Wildman–Crippen MR) is 175 cm³/mol. The Morgan fingerprint density at radius 3 is 2.30 bits per heavy atom. The summed E-state index contributed by atoms with van der Waals surface area (Å²) >= 11 is 3.45. The standard InChI is InChI=1S/C33H38BrN3O5.ClH/c1-41-32-27(33(39)40)19-14-23(31(32)34)22-30(38)35-37(29-13-7-6-12-28(29)36-20-8-3-9-21-36)24-15-17-26(18-16-24)42-25-10-4-2-5-11-25;/h6-7,12-19,25H,2-5,8-11,20-22H2,1H3,(H,35,38)(H,39,40);1H.